The van der Waals surface area contributed by atoms with E-state index in [-0.39, 0.29) is 0 Å². The molecule has 0 saturated carbocycles. The second-order valence-electron chi connectivity index (χ2n) is 5.73. The molecule has 22 heavy (non-hydrogen) atoms. The second-order valence-corrected chi connectivity index (χ2v) is 5.73. The van der Waals surface area contributed by atoms with Crippen LogP contribution < -0.4 is 4.90 Å². The molecule has 6 nitrogen and oxygen atoms in total. The summed E-state index contributed by atoms with van der Waals surface area (Å²) >= 11 is 0. The van der Waals surface area contributed by atoms with Gasteiger partial charge in [-0.2, -0.15) is 0 Å². The monoisotopic (exact) mass is 294 g/mol. The Hall–Kier alpha value is -2.50. The number of nitrogens with zero attached hydrogens (tertiary/aromatic N) is 6. The summed E-state index contributed by atoms with van der Waals surface area (Å²) in [6, 6.07) is 15.2. The van der Waals surface area contributed by atoms with E-state index in [0.29, 0.717) is 11.7 Å². The Bertz CT molecular complexity index is 753. The van der Waals surface area contributed by atoms with Gasteiger partial charge >= 0.3 is 0 Å². The first-order valence-electron chi connectivity index (χ1n) is 7.76. The van der Waals surface area contributed by atoms with Crippen molar-refractivity contribution in [2.24, 2.45) is 0 Å². The molecule has 1 fully saturated rings. The first kappa shape index (κ1) is 13.2. The quantitative estimate of drug-likeness (QED) is 0.737. The maximum Gasteiger partial charge on any atom is 0.200 e. The highest BCUT2D eigenvalue weighted by molar-refractivity contribution is 5.45. The van der Waals surface area contributed by atoms with Crippen LogP contribution in [0.25, 0.3) is 5.65 Å². The van der Waals surface area contributed by atoms with Crippen LogP contribution >= 0.6 is 0 Å². The highest BCUT2D eigenvalue weighted by Crippen LogP contribution is 2.26. The van der Waals surface area contributed by atoms with Crippen LogP contribution in [-0.2, 0) is 6.42 Å². The molecule has 0 amide bonds. The van der Waals surface area contributed by atoms with Gasteiger partial charge in [0.1, 0.15) is 0 Å². The minimum atomic E-state index is 0.543. The van der Waals surface area contributed by atoms with Gasteiger partial charge in [-0.15, -0.1) is 14.8 Å². The molecule has 0 radical (unpaired) electrons. The molecule has 1 saturated heterocycles. The lowest BCUT2D eigenvalue weighted by Gasteiger charge is -2.25. The van der Waals surface area contributed by atoms with Crippen molar-refractivity contribution in [1.29, 1.82) is 0 Å². The van der Waals surface area contributed by atoms with E-state index in [1.807, 2.05) is 12.1 Å². The SMILES string of the molecule is c1ccc(CC[C@@H]2CCCN2c2ccc3nnnn3n2)cc1. The van der Waals surface area contributed by atoms with Crippen molar-refractivity contribution >= 4 is 11.5 Å². The van der Waals surface area contributed by atoms with E-state index in [0.717, 1.165) is 25.2 Å². The summed E-state index contributed by atoms with van der Waals surface area (Å²) < 4.78 is 1.50. The van der Waals surface area contributed by atoms with Crippen LogP contribution in [0.4, 0.5) is 5.82 Å². The van der Waals surface area contributed by atoms with Gasteiger partial charge in [-0.05, 0) is 53.8 Å². The van der Waals surface area contributed by atoms with Crippen molar-refractivity contribution in [1.82, 2.24) is 25.3 Å². The highest BCUT2D eigenvalue weighted by atomic mass is 15.6. The largest absolute Gasteiger partial charge is 0.352 e. The van der Waals surface area contributed by atoms with Gasteiger partial charge in [0.25, 0.3) is 0 Å². The molecule has 6 heteroatoms. The van der Waals surface area contributed by atoms with E-state index in [2.05, 4.69) is 55.9 Å². The van der Waals surface area contributed by atoms with Crippen molar-refractivity contribution < 1.29 is 0 Å². The summed E-state index contributed by atoms with van der Waals surface area (Å²) in [5, 5.41) is 16.0. The number of anilines is 1. The smallest absolute Gasteiger partial charge is 0.200 e. The third-order valence-corrected chi connectivity index (χ3v) is 4.34. The summed E-state index contributed by atoms with van der Waals surface area (Å²) in [6.07, 6.45) is 4.70. The molecule has 1 aromatic carbocycles. The van der Waals surface area contributed by atoms with Crippen molar-refractivity contribution in [2.75, 3.05) is 11.4 Å². The van der Waals surface area contributed by atoms with Crippen molar-refractivity contribution in [2.45, 2.75) is 31.7 Å². The number of rotatable bonds is 4. The third-order valence-electron chi connectivity index (χ3n) is 4.34. The van der Waals surface area contributed by atoms with Gasteiger partial charge in [0, 0.05) is 12.6 Å². The summed E-state index contributed by atoms with van der Waals surface area (Å²) in [4.78, 5) is 2.39. The molecular weight excluding hydrogens is 276 g/mol. The van der Waals surface area contributed by atoms with Crippen molar-refractivity contribution in [3.63, 3.8) is 0 Å². The van der Waals surface area contributed by atoms with E-state index in [1.54, 1.807) is 0 Å². The first-order chi connectivity index (χ1) is 10.9. The van der Waals surface area contributed by atoms with Crippen LogP contribution in [0.2, 0.25) is 0 Å². The zero-order chi connectivity index (χ0) is 14.8. The van der Waals surface area contributed by atoms with E-state index in [1.165, 1.54) is 23.0 Å². The zero-order valence-corrected chi connectivity index (χ0v) is 12.3. The number of fused-ring (bicyclic) bond motifs is 1. The first-order valence-corrected chi connectivity index (χ1v) is 7.76. The van der Waals surface area contributed by atoms with Crippen LogP contribution in [0, 0.1) is 0 Å². The normalized spacial score (nSPS) is 18.2. The third kappa shape index (κ3) is 2.52. The highest BCUT2D eigenvalue weighted by Gasteiger charge is 2.25. The Balaban J connectivity index is 1.50. The zero-order valence-electron chi connectivity index (χ0n) is 12.3. The van der Waals surface area contributed by atoms with Gasteiger partial charge in [-0.25, -0.2) is 0 Å². The molecule has 1 aliphatic rings. The minimum absolute atomic E-state index is 0.543. The van der Waals surface area contributed by atoms with Crippen LogP contribution in [0.5, 0.6) is 0 Å². The van der Waals surface area contributed by atoms with Gasteiger partial charge in [-0.3, -0.25) is 0 Å². The molecule has 0 unspecified atom stereocenters. The van der Waals surface area contributed by atoms with E-state index in [4.69, 9.17) is 0 Å². The Morgan fingerprint density at radius 1 is 1.09 bits per heavy atom. The lowest BCUT2D eigenvalue weighted by atomic mass is 10.0. The number of hydrogen-bond donors (Lipinski definition) is 0. The Morgan fingerprint density at radius 2 is 2.00 bits per heavy atom. The molecule has 0 bridgehead atoms. The number of tetrazole rings is 1. The van der Waals surface area contributed by atoms with Crippen LogP contribution in [-0.4, -0.2) is 37.8 Å². The summed E-state index contributed by atoms with van der Waals surface area (Å²) in [7, 11) is 0. The molecular formula is C16H18N6. The van der Waals surface area contributed by atoms with Gasteiger partial charge in [-0.1, -0.05) is 30.3 Å². The molecule has 0 aliphatic carbocycles. The molecule has 2 aromatic heterocycles. The fraction of sp³-hybridized carbons (Fsp3) is 0.375. The summed E-state index contributed by atoms with van der Waals surface area (Å²) in [5.74, 6) is 0.968. The van der Waals surface area contributed by atoms with Crippen LogP contribution in [0.3, 0.4) is 0 Å². The topological polar surface area (TPSA) is 59.2 Å². The summed E-state index contributed by atoms with van der Waals surface area (Å²) in [6.45, 7) is 1.06. The summed E-state index contributed by atoms with van der Waals surface area (Å²) in [5.41, 5.74) is 2.09. The van der Waals surface area contributed by atoms with Crippen LogP contribution in [0.15, 0.2) is 42.5 Å². The average Bonchev–Trinajstić information content (AvgIpc) is 3.22. The van der Waals surface area contributed by atoms with E-state index >= 15 is 0 Å². The van der Waals surface area contributed by atoms with Crippen molar-refractivity contribution in [3.05, 3.63) is 48.0 Å². The van der Waals surface area contributed by atoms with Gasteiger partial charge in [0.15, 0.2) is 11.5 Å². The standard InChI is InChI=1S/C16H18N6/c1-2-5-13(6-3-1)8-9-14-7-4-12-21(14)16-11-10-15-17-19-20-22(15)18-16/h1-3,5-6,10-11,14H,4,7-9,12H2/t14-/m0/s1. The molecule has 4 rings (SSSR count). The minimum Gasteiger partial charge on any atom is -0.352 e. The molecule has 3 aromatic rings. The maximum atomic E-state index is 4.53. The Morgan fingerprint density at radius 3 is 2.91 bits per heavy atom. The predicted octanol–water partition coefficient (Wildman–Crippen LogP) is 2.12. The number of hydrogen-bond acceptors (Lipinski definition) is 5. The number of aryl methyl sites for hydroxylation is 1. The number of benzene rings is 1. The van der Waals surface area contributed by atoms with E-state index in [9.17, 15) is 0 Å². The average molecular weight is 294 g/mol. The van der Waals surface area contributed by atoms with Crippen LogP contribution in [0.1, 0.15) is 24.8 Å². The molecule has 1 aliphatic heterocycles. The molecule has 0 N–H and O–H groups in total. The van der Waals surface area contributed by atoms with Gasteiger partial charge in [0.05, 0.1) is 0 Å². The molecule has 112 valence electrons. The maximum absolute atomic E-state index is 4.53. The van der Waals surface area contributed by atoms with E-state index < -0.39 is 0 Å². The molecule has 3 heterocycles. The lowest BCUT2D eigenvalue weighted by Crippen LogP contribution is -2.30. The number of aromatic nitrogens is 5. The van der Waals surface area contributed by atoms with Crippen molar-refractivity contribution in [3.8, 4) is 0 Å². The Labute approximate surface area is 128 Å². The van der Waals surface area contributed by atoms with Gasteiger partial charge in [0.2, 0.25) is 0 Å². The second kappa shape index (κ2) is 5.71. The fourth-order valence-electron chi connectivity index (χ4n) is 3.21. The molecule has 1 atom stereocenters. The van der Waals surface area contributed by atoms with Gasteiger partial charge < -0.3 is 4.90 Å². The predicted molar refractivity (Wildman–Crippen MR) is 83.7 cm³/mol. The Kier molecular flexibility index (Phi) is 3.42. The molecule has 0 spiro atoms. The lowest BCUT2D eigenvalue weighted by molar-refractivity contribution is 0.599. The fourth-order valence-corrected chi connectivity index (χ4v) is 3.21.